The molecule has 0 unspecified atom stereocenters. The summed E-state index contributed by atoms with van der Waals surface area (Å²) in [7, 11) is 0. The number of alkyl halides is 3. The van der Waals surface area contributed by atoms with E-state index >= 15 is 0 Å². The number of carbonyl (C=O) groups is 1. The molecule has 0 saturated carbocycles. The molecule has 0 atom stereocenters. The van der Waals surface area contributed by atoms with Gasteiger partial charge < -0.3 is 14.9 Å². The molecule has 132 valence electrons. The van der Waals surface area contributed by atoms with Crippen molar-refractivity contribution in [2.45, 2.75) is 6.18 Å². The SMILES string of the molecule is O=[C-]C(=O)Nc1c([N+](=O)[O-])cnn1-c1c(Cl)cc(C(F)(F)F)cc1Cl.[Na+]. The Morgan fingerprint density at radius 1 is 1.31 bits per heavy atom. The van der Waals surface area contributed by atoms with Crippen LogP contribution < -0.4 is 34.9 Å². The van der Waals surface area contributed by atoms with Crippen molar-refractivity contribution in [2.75, 3.05) is 5.32 Å². The Morgan fingerprint density at radius 3 is 2.27 bits per heavy atom. The summed E-state index contributed by atoms with van der Waals surface area (Å²) in [4.78, 5) is 31.6. The maximum absolute atomic E-state index is 12.8. The number of rotatable bonds is 4. The van der Waals surface area contributed by atoms with E-state index in [4.69, 9.17) is 23.2 Å². The first-order valence-electron chi connectivity index (χ1n) is 6.04. The van der Waals surface area contributed by atoms with Gasteiger partial charge in [0.1, 0.15) is 17.8 Å². The molecule has 0 radical (unpaired) electrons. The van der Waals surface area contributed by atoms with Crippen LogP contribution in [0.5, 0.6) is 0 Å². The number of halogens is 5. The van der Waals surface area contributed by atoms with Gasteiger partial charge in [0.15, 0.2) is 0 Å². The van der Waals surface area contributed by atoms with Gasteiger partial charge in [0.05, 0.1) is 20.5 Å². The molecule has 8 nitrogen and oxygen atoms in total. The molecule has 1 amide bonds. The van der Waals surface area contributed by atoms with Crippen LogP contribution in [0.25, 0.3) is 5.69 Å². The fraction of sp³-hybridized carbons (Fsp3) is 0.0833. The number of amides is 1. The molecular formula is C12H4Cl2F3N4NaO4. The maximum Gasteiger partial charge on any atom is 1.00 e. The van der Waals surface area contributed by atoms with Gasteiger partial charge in [-0.2, -0.15) is 24.6 Å². The second-order valence-electron chi connectivity index (χ2n) is 4.39. The van der Waals surface area contributed by atoms with Gasteiger partial charge in [0, 0.05) is 0 Å². The molecule has 2 rings (SSSR count). The number of nitro groups is 1. The van der Waals surface area contributed by atoms with Gasteiger partial charge in [-0.15, -0.1) is 0 Å². The third-order valence-corrected chi connectivity index (χ3v) is 3.40. The van der Waals surface area contributed by atoms with E-state index in [0.29, 0.717) is 23.0 Å². The fourth-order valence-corrected chi connectivity index (χ4v) is 2.47. The van der Waals surface area contributed by atoms with Crippen LogP contribution in [0.2, 0.25) is 10.0 Å². The predicted octanol–water partition coefficient (Wildman–Crippen LogP) is 0.158. The van der Waals surface area contributed by atoms with Gasteiger partial charge in [-0.1, -0.05) is 23.2 Å². The number of hydrogen-bond donors (Lipinski definition) is 1. The standard InChI is InChI=1S/C12H4Cl2F3N4O4.Na/c13-6-1-5(12(15,16)17)2-7(14)10(6)20-11(19-9(23)4-22)8(3-18-20)21(24)25;/h1-3H,(H,19,23);/q-1;+1. The Kier molecular flexibility index (Phi) is 7.19. The normalized spacial score (nSPS) is 10.8. The van der Waals surface area contributed by atoms with Crippen LogP contribution in [0.3, 0.4) is 0 Å². The number of anilines is 1. The van der Waals surface area contributed by atoms with Crippen molar-refractivity contribution in [2.24, 2.45) is 0 Å². The Balaban J connectivity index is 0.00000338. The molecular weight excluding hydrogens is 415 g/mol. The molecule has 0 fully saturated rings. The predicted molar refractivity (Wildman–Crippen MR) is 79.6 cm³/mol. The van der Waals surface area contributed by atoms with E-state index in [-0.39, 0.29) is 35.2 Å². The first-order chi connectivity index (χ1) is 11.6. The van der Waals surface area contributed by atoms with Gasteiger partial charge in [0.2, 0.25) is 5.82 Å². The molecule has 26 heavy (non-hydrogen) atoms. The van der Waals surface area contributed by atoms with Gasteiger partial charge >= 0.3 is 41.4 Å². The minimum absolute atomic E-state index is 0. The summed E-state index contributed by atoms with van der Waals surface area (Å²) in [5.74, 6) is -1.99. The molecule has 14 heteroatoms. The fourth-order valence-electron chi connectivity index (χ4n) is 1.82. The number of hydrogen-bond acceptors (Lipinski definition) is 5. The van der Waals surface area contributed by atoms with Crippen LogP contribution in [0.4, 0.5) is 24.7 Å². The molecule has 1 aromatic heterocycles. The van der Waals surface area contributed by atoms with E-state index in [1.54, 1.807) is 0 Å². The summed E-state index contributed by atoms with van der Waals surface area (Å²) in [6.07, 6.45) is -3.10. The Labute approximate surface area is 174 Å². The monoisotopic (exact) mass is 418 g/mol. The summed E-state index contributed by atoms with van der Waals surface area (Å²) in [6, 6.07) is 1.07. The van der Waals surface area contributed by atoms with Crippen molar-refractivity contribution < 1.29 is 57.2 Å². The minimum atomic E-state index is -4.73. The third kappa shape index (κ3) is 4.54. The van der Waals surface area contributed by atoms with Crippen LogP contribution in [0.1, 0.15) is 5.56 Å². The van der Waals surface area contributed by atoms with E-state index in [1.807, 2.05) is 5.32 Å². The number of nitrogens with zero attached hydrogens (tertiary/aromatic N) is 3. The molecule has 0 bridgehead atoms. The molecule has 0 saturated heterocycles. The molecule has 0 aliphatic heterocycles. The zero-order valence-electron chi connectivity index (χ0n) is 12.6. The molecule has 1 N–H and O–H groups in total. The molecule has 1 heterocycles. The van der Waals surface area contributed by atoms with E-state index < -0.39 is 44.1 Å². The van der Waals surface area contributed by atoms with Crippen molar-refractivity contribution >= 4 is 46.9 Å². The van der Waals surface area contributed by atoms with Crippen molar-refractivity contribution in [3.63, 3.8) is 0 Å². The quantitative estimate of drug-likeness (QED) is 0.250. The van der Waals surface area contributed by atoms with Crippen LogP contribution in [0.15, 0.2) is 18.3 Å². The maximum atomic E-state index is 12.8. The average molecular weight is 419 g/mol. The number of carbonyl (C=O) groups excluding carboxylic acids is 2. The zero-order chi connectivity index (χ0) is 18.9. The second-order valence-corrected chi connectivity index (χ2v) is 5.20. The zero-order valence-corrected chi connectivity index (χ0v) is 16.1. The van der Waals surface area contributed by atoms with Crippen LogP contribution in [-0.4, -0.2) is 26.9 Å². The number of benzene rings is 1. The molecule has 0 aliphatic rings. The summed E-state index contributed by atoms with van der Waals surface area (Å²) < 4.78 is 38.9. The summed E-state index contributed by atoms with van der Waals surface area (Å²) >= 11 is 11.6. The summed E-state index contributed by atoms with van der Waals surface area (Å²) in [5.41, 5.74) is -2.25. The Morgan fingerprint density at radius 2 is 1.85 bits per heavy atom. The van der Waals surface area contributed by atoms with Gasteiger partial charge in [-0.3, -0.25) is 10.1 Å². The smallest absolute Gasteiger partial charge is 0.532 e. The van der Waals surface area contributed by atoms with E-state index in [1.165, 1.54) is 0 Å². The summed E-state index contributed by atoms with van der Waals surface area (Å²) in [6.45, 7) is 0. The molecule has 1 aromatic carbocycles. The average Bonchev–Trinajstić information content (AvgIpc) is 2.89. The largest absolute Gasteiger partial charge is 1.00 e. The van der Waals surface area contributed by atoms with Crippen molar-refractivity contribution in [3.8, 4) is 5.69 Å². The Bertz CT molecular complexity index is 865. The van der Waals surface area contributed by atoms with Crippen LogP contribution in [0, 0.1) is 10.1 Å². The molecule has 2 aromatic rings. The third-order valence-electron chi connectivity index (χ3n) is 2.83. The van der Waals surface area contributed by atoms with Crippen LogP contribution >= 0.6 is 23.2 Å². The van der Waals surface area contributed by atoms with Crippen molar-refractivity contribution in [3.05, 3.63) is 44.1 Å². The van der Waals surface area contributed by atoms with E-state index in [0.717, 1.165) is 6.29 Å². The first-order valence-corrected chi connectivity index (χ1v) is 6.80. The molecule has 0 aliphatic carbocycles. The first kappa shape index (κ1) is 22.4. The van der Waals surface area contributed by atoms with E-state index in [2.05, 4.69) is 5.10 Å². The van der Waals surface area contributed by atoms with Gasteiger partial charge in [0.25, 0.3) is 0 Å². The minimum Gasteiger partial charge on any atom is -0.532 e. The van der Waals surface area contributed by atoms with Crippen molar-refractivity contribution in [1.29, 1.82) is 0 Å². The molecule has 0 spiro atoms. The second kappa shape index (κ2) is 8.35. The van der Waals surface area contributed by atoms with Gasteiger partial charge in [-0.25, -0.2) is 4.68 Å². The van der Waals surface area contributed by atoms with Crippen molar-refractivity contribution in [1.82, 2.24) is 9.78 Å². The number of nitrogens with one attached hydrogen (secondary N) is 1. The topological polar surface area (TPSA) is 107 Å². The summed E-state index contributed by atoms with van der Waals surface area (Å²) in [5, 5.41) is 15.3. The van der Waals surface area contributed by atoms with E-state index in [9.17, 15) is 32.9 Å². The number of aromatic nitrogens is 2. The van der Waals surface area contributed by atoms with Crippen LogP contribution in [-0.2, 0) is 15.8 Å². The van der Waals surface area contributed by atoms with Gasteiger partial charge in [-0.05, 0) is 12.1 Å². The Hall–Kier alpha value is -1.66.